The molecule has 0 amide bonds. The van der Waals surface area contributed by atoms with Crippen molar-refractivity contribution in [1.29, 1.82) is 0 Å². The zero-order valence-corrected chi connectivity index (χ0v) is 25.9. The van der Waals surface area contributed by atoms with Gasteiger partial charge in [-0.05, 0) is 117 Å². The highest BCUT2D eigenvalue weighted by Crippen LogP contribution is 2.64. The lowest BCUT2D eigenvalue weighted by Gasteiger charge is -2.50. The zero-order chi connectivity index (χ0) is 24.8. The number of hydrogen-bond donors (Lipinski definition) is 0. The fourth-order valence-electron chi connectivity index (χ4n) is 10.5. The predicted molar refractivity (Wildman–Crippen MR) is 161 cm³/mol. The average molecular weight is 535 g/mol. The van der Waals surface area contributed by atoms with E-state index in [4.69, 9.17) is 0 Å². The molecule has 0 N–H and O–H groups in total. The van der Waals surface area contributed by atoms with Crippen LogP contribution in [0.3, 0.4) is 0 Å². The van der Waals surface area contributed by atoms with Gasteiger partial charge in [0.1, 0.15) is 0 Å². The summed E-state index contributed by atoms with van der Waals surface area (Å²) >= 11 is 4.25. The summed E-state index contributed by atoms with van der Waals surface area (Å²) in [6.07, 6.45) is 18.2. The molecule has 6 atom stereocenters. The standard InChI is InChI=1S/C33H46S2Si/c1-19-15-27-25(14-13-23-11-12-24(18-26(23)27)22-9-7-6-8-10-22)32(19)36(4,5)33-30-28(16-20(2)34-30)29-17-21(3)35-31(29)33/h15-17,22-27,32-33H,6-14,18H2,1-5H3. The van der Waals surface area contributed by atoms with E-state index in [2.05, 4.69) is 74.7 Å². The molecule has 5 aliphatic rings. The van der Waals surface area contributed by atoms with Gasteiger partial charge in [-0.15, -0.1) is 22.7 Å². The first-order valence-electron chi connectivity index (χ1n) is 15.2. The maximum Gasteiger partial charge on any atom is 0.0699 e. The van der Waals surface area contributed by atoms with Crippen molar-refractivity contribution in [3.8, 4) is 11.1 Å². The van der Waals surface area contributed by atoms with Gasteiger partial charge in [0.15, 0.2) is 0 Å². The van der Waals surface area contributed by atoms with Gasteiger partial charge in [-0.2, -0.15) is 0 Å². The van der Waals surface area contributed by atoms with Crippen molar-refractivity contribution in [2.45, 2.75) is 109 Å². The molecule has 0 aromatic carbocycles. The van der Waals surface area contributed by atoms with E-state index in [0.29, 0.717) is 5.54 Å². The van der Waals surface area contributed by atoms with Crippen molar-refractivity contribution in [1.82, 2.24) is 0 Å². The zero-order valence-electron chi connectivity index (χ0n) is 23.2. The van der Waals surface area contributed by atoms with Crippen LogP contribution in [-0.4, -0.2) is 8.07 Å². The Kier molecular flexibility index (Phi) is 6.07. The minimum Gasteiger partial charge on any atom is -0.145 e. The summed E-state index contributed by atoms with van der Waals surface area (Å²) in [5.41, 5.74) is 6.59. The Balaban J connectivity index is 1.20. The van der Waals surface area contributed by atoms with E-state index in [0.717, 1.165) is 41.0 Å². The van der Waals surface area contributed by atoms with Crippen molar-refractivity contribution < 1.29 is 0 Å². The first-order chi connectivity index (χ1) is 17.3. The fraction of sp³-hybridized carbons (Fsp3) is 0.697. The van der Waals surface area contributed by atoms with Gasteiger partial charge in [0.05, 0.1) is 8.07 Å². The SMILES string of the molecule is CC1=CC2C3CC(C4CCCCC4)CCC3CCC2C1[Si](C)(C)C1c2sc(C)cc2-c2cc(C)sc21. The molecule has 0 spiro atoms. The molecule has 3 heteroatoms. The monoisotopic (exact) mass is 534 g/mol. The van der Waals surface area contributed by atoms with Gasteiger partial charge >= 0.3 is 0 Å². The molecule has 36 heavy (non-hydrogen) atoms. The topological polar surface area (TPSA) is 0 Å². The average Bonchev–Trinajstić information content (AvgIpc) is 3.57. The first kappa shape index (κ1) is 24.4. The third kappa shape index (κ3) is 3.68. The van der Waals surface area contributed by atoms with Crippen LogP contribution in [0.5, 0.6) is 0 Å². The van der Waals surface area contributed by atoms with Crippen LogP contribution in [0.1, 0.15) is 96.2 Å². The van der Waals surface area contributed by atoms with E-state index in [1.54, 1.807) is 58.6 Å². The van der Waals surface area contributed by atoms with Crippen LogP contribution in [0.4, 0.5) is 0 Å². The minimum absolute atomic E-state index is 0.714. The molecule has 0 aliphatic heterocycles. The second-order valence-corrected chi connectivity index (χ2v) is 21.5. The number of aryl methyl sites for hydroxylation is 2. The van der Waals surface area contributed by atoms with E-state index in [1.165, 1.54) is 41.9 Å². The lowest BCUT2D eigenvalue weighted by atomic mass is 9.58. The van der Waals surface area contributed by atoms with E-state index in [-0.39, 0.29) is 0 Å². The lowest BCUT2D eigenvalue weighted by Crippen LogP contribution is -2.46. The third-order valence-corrected chi connectivity index (χ3v) is 19.0. The van der Waals surface area contributed by atoms with Crippen molar-refractivity contribution in [2.24, 2.45) is 35.5 Å². The van der Waals surface area contributed by atoms with Crippen molar-refractivity contribution in [3.05, 3.63) is 43.3 Å². The minimum atomic E-state index is -1.64. The van der Waals surface area contributed by atoms with E-state index < -0.39 is 8.07 Å². The smallest absolute Gasteiger partial charge is 0.0699 e. The summed E-state index contributed by atoms with van der Waals surface area (Å²) in [5, 5.41) is 0. The highest BCUT2D eigenvalue weighted by Gasteiger charge is 2.56. The molecule has 3 fully saturated rings. The summed E-state index contributed by atoms with van der Waals surface area (Å²) in [7, 11) is -1.64. The summed E-state index contributed by atoms with van der Waals surface area (Å²) in [4.78, 5) is 6.51. The predicted octanol–water partition coefficient (Wildman–Crippen LogP) is 10.8. The van der Waals surface area contributed by atoms with Crippen molar-refractivity contribution in [2.75, 3.05) is 0 Å². The van der Waals surface area contributed by atoms with Crippen LogP contribution in [0, 0.1) is 49.4 Å². The van der Waals surface area contributed by atoms with Crippen molar-refractivity contribution in [3.63, 3.8) is 0 Å². The van der Waals surface area contributed by atoms with E-state index >= 15 is 0 Å². The maximum atomic E-state index is 2.88. The van der Waals surface area contributed by atoms with Crippen LogP contribution in [0.15, 0.2) is 23.8 Å². The third-order valence-electron chi connectivity index (χ3n) is 11.8. The van der Waals surface area contributed by atoms with Gasteiger partial charge in [0.2, 0.25) is 0 Å². The molecule has 0 radical (unpaired) electrons. The number of hydrogen-bond acceptors (Lipinski definition) is 2. The highest BCUT2D eigenvalue weighted by molar-refractivity contribution is 7.16. The fourth-order valence-corrected chi connectivity index (χ4v) is 19.6. The largest absolute Gasteiger partial charge is 0.145 e. The lowest BCUT2D eigenvalue weighted by molar-refractivity contribution is 0.0382. The number of thiophene rings is 2. The Bertz CT molecular complexity index is 1130. The number of allylic oxidation sites excluding steroid dienone is 2. The van der Waals surface area contributed by atoms with Gasteiger partial charge in [0, 0.05) is 25.0 Å². The second-order valence-electron chi connectivity index (χ2n) is 14.1. The van der Waals surface area contributed by atoms with Crippen LogP contribution < -0.4 is 0 Å². The maximum absolute atomic E-state index is 2.88. The molecule has 2 aromatic heterocycles. The summed E-state index contributed by atoms with van der Waals surface area (Å²) in [6, 6.07) is 5.02. The Morgan fingerprint density at radius 2 is 1.31 bits per heavy atom. The number of fused-ring (bicyclic) bond motifs is 6. The molecular weight excluding hydrogens is 489 g/mol. The summed E-state index contributed by atoms with van der Waals surface area (Å²) in [5.74, 6) is 5.97. The molecule has 3 saturated carbocycles. The summed E-state index contributed by atoms with van der Waals surface area (Å²) in [6.45, 7) is 12.8. The Morgan fingerprint density at radius 3 is 1.97 bits per heavy atom. The molecule has 0 saturated heterocycles. The quantitative estimate of drug-likeness (QED) is 0.271. The molecule has 2 aromatic rings. The molecule has 0 nitrogen and oxygen atoms in total. The normalized spacial score (nSPS) is 34.8. The van der Waals surface area contributed by atoms with Gasteiger partial charge in [-0.25, -0.2) is 0 Å². The van der Waals surface area contributed by atoms with E-state index in [1.807, 2.05) is 0 Å². The molecule has 194 valence electrons. The number of rotatable bonds is 3. The van der Waals surface area contributed by atoms with Crippen LogP contribution in [-0.2, 0) is 0 Å². The van der Waals surface area contributed by atoms with Gasteiger partial charge < -0.3 is 0 Å². The van der Waals surface area contributed by atoms with Crippen LogP contribution in [0.2, 0.25) is 18.6 Å². The molecule has 6 unspecified atom stereocenters. The second kappa shape index (κ2) is 8.95. The Hall–Kier alpha value is -0.643. The summed E-state index contributed by atoms with van der Waals surface area (Å²) < 4.78 is 0. The molecule has 0 bridgehead atoms. The van der Waals surface area contributed by atoms with Crippen molar-refractivity contribution >= 4 is 30.7 Å². The van der Waals surface area contributed by atoms with Gasteiger partial charge in [-0.1, -0.05) is 56.8 Å². The Labute approximate surface area is 229 Å². The Morgan fingerprint density at radius 1 is 0.694 bits per heavy atom. The molecule has 2 heterocycles. The van der Waals surface area contributed by atoms with E-state index in [9.17, 15) is 0 Å². The van der Waals surface area contributed by atoms with Crippen LogP contribution >= 0.6 is 22.7 Å². The van der Waals surface area contributed by atoms with Gasteiger partial charge in [0.25, 0.3) is 0 Å². The van der Waals surface area contributed by atoms with Gasteiger partial charge in [-0.3, -0.25) is 0 Å². The molecule has 7 rings (SSSR count). The highest BCUT2D eigenvalue weighted by atomic mass is 32.1. The molecule has 5 aliphatic carbocycles. The molecular formula is C33H46S2Si. The van der Waals surface area contributed by atoms with Crippen LogP contribution in [0.25, 0.3) is 11.1 Å². The first-order valence-corrected chi connectivity index (χ1v) is 20.0.